The molecule has 10 aromatic rings. The molecule has 3 atom stereocenters. The SMILES string of the molecule is c1ccc(-n2c3ccccc3c3cc(-n4c5ccccc5c5c4ccc4c6ccccc6n(C6CCC7c8ccccc8OC7C6)c45)ccc32)cc1. The summed E-state index contributed by atoms with van der Waals surface area (Å²) in [7, 11) is 0. The Morgan fingerprint density at radius 1 is 0.462 bits per heavy atom. The fraction of sp³-hybridized carbons (Fsp3) is 0.125. The van der Waals surface area contributed by atoms with Crippen molar-refractivity contribution in [2.75, 3.05) is 0 Å². The van der Waals surface area contributed by atoms with Gasteiger partial charge in [-0.1, -0.05) is 97.1 Å². The van der Waals surface area contributed by atoms with Gasteiger partial charge in [0, 0.05) is 73.2 Å². The lowest BCUT2D eigenvalue weighted by Crippen LogP contribution is -2.29. The summed E-state index contributed by atoms with van der Waals surface area (Å²) in [6.07, 6.45) is 3.47. The first-order valence-electron chi connectivity index (χ1n) is 18.6. The van der Waals surface area contributed by atoms with Crippen molar-refractivity contribution >= 4 is 65.4 Å². The lowest BCUT2D eigenvalue weighted by atomic mass is 9.80. The average molecular weight is 670 g/mol. The normalized spacial score (nSPS) is 18.5. The highest BCUT2D eigenvalue weighted by atomic mass is 16.5. The second kappa shape index (κ2) is 10.6. The summed E-state index contributed by atoms with van der Waals surface area (Å²) in [6, 6.07) is 58.3. The number of ether oxygens (including phenoxy) is 1. The smallest absolute Gasteiger partial charge is 0.123 e. The van der Waals surface area contributed by atoms with Gasteiger partial charge in [0.15, 0.2) is 0 Å². The second-order valence-corrected chi connectivity index (χ2v) is 14.8. The van der Waals surface area contributed by atoms with Crippen LogP contribution in [0.15, 0.2) is 158 Å². The van der Waals surface area contributed by atoms with Crippen LogP contribution >= 0.6 is 0 Å². The number of rotatable bonds is 3. The molecule has 4 nitrogen and oxygen atoms in total. The van der Waals surface area contributed by atoms with Crippen molar-refractivity contribution in [1.82, 2.24) is 13.7 Å². The Kier molecular flexibility index (Phi) is 5.81. The zero-order valence-corrected chi connectivity index (χ0v) is 28.6. The highest BCUT2D eigenvalue weighted by Gasteiger charge is 2.40. The van der Waals surface area contributed by atoms with E-state index in [-0.39, 0.29) is 6.10 Å². The van der Waals surface area contributed by atoms with Gasteiger partial charge in [-0.05, 0) is 73.5 Å². The summed E-state index contributed by atoms with van der Waals surface area (Å²) in [4.78, 5) is 0. The van der Waals surface area contributed by atoms with E-state index in [9.17, 15) is 0 Å². The highest BCUT2D eigenvalue weighted by Crippen LogP contribution is 2.50. The maximum absolute atomic E-state index is 6.66. The van der Waals surface area contributed by atoms with Gasteiger partial charge in [-0.2, -0.15) is 0 Å². The number of aromatic nitrogens is 3. The topological polar surface area (TPSA) is 24.0 Å². The lowest BCUT2D eigenvalue weighted by Gasteiger charge is -2.33. The Bertz CT molecular complexity index is 3050. The van der Waals surface area contributed by atoms with Crippen molar-refractivity contribution in [2.24, 2.45) is 0 Å². The third-order valence-corrected chi connectivity index (χ3v) is 12.2. The van der Waals surface area contributed by atoms with E-state index in [1.807, 2.05) is 0 Å². The minimum Gasteiger partial charge on any atom is -0.489 e. The van der Waals surface area contributed by atoms with Gasteiger partial charge in [-0.3, -0.25) is 0 Å². The molecule has 1 aliphatic heterocycles. The second-order valence-electron chi connectivity index (χ2n) is 14.8. The molecule has 12 rings (SSSR count). The molecule has 1 aliphatic carbocycles. The molecule has 0 saturated heterocycles. The lowest BCUT2D eigenvalue weighted by molar-refractivity contribution is 0.135. The molecule has 248 valence electrons. The third kappa shape index (κ3) is 3.81. The van der Waals surface area contributed by atoms with Crippen LogP contribution in [0.25, 0.3) is 76.8 Å². The van der Waals surface area contributed by atoms with Crippen LogP contribution in [0.1, 0.15) is 36.8 Å². The predicted octanol–water partition coefficient (Wildman–Crippen LogP) is 12.3. The van der Waals surface area contributed by atoms with Crippen LogP contribution in [-0.4, -0.2) is 19.8 Å². The van der Waals surface area contributed by atoms with Crippen LogP contribution in [0, 0.1) is 0 Å². The van der Waals surface area contributed by atoms with Crippen molar-refractivity contribution in [3.8, 4) is 17.1 Å². The molecule has 1 fully saturated rings. The zero-order chi connectivity index (χ0) is 33.9. The summed E-state index contributed by atoms with van der Waals surface area (Å²) >= 11 is 0. The molecule has 7 aromatic carbocycles. The van der Waals surface area contributed by atoms with Gasteiger partial charge in [-0.15, -0.1) is 0 Å². The number of hydrogen-bond acceptors (Lipinski definition) is 1. The van der Waals surface area contributed by atoms with Gasteiger partial charge in [-0.25, -0.2) is 0 Å². The van der Waals surface area contributed by atoms with Gasteiger partial charge in [0.2, 0.25) is 0 Å². The first-order chi connectivity index (χ1) is 25.8. The van der Waals surface area contributed by atoms with Gasteiger partial charge in [0.25, 0.3) is 0 Å². The van der Waals surface area contributed by atoms with Crippen LogP contribution in [0.5, 0.6) is 5.75 Å². The molecule has 2 aliphatic rings. The Hall–Kier alpha value is -6.26. The highest BCUT2D eigenvalue weighted by molar-refractivity contribution is 6.25. The van der Waals surface area contributed by atoms with Crippen molar-refractivity contribution in [3.63, 3.8) is 0 Å². The van der Waals surface area contributed by atoms with Crippen molar-refractivity contribution in [2.45, 2.75) is 37.3 Å². The first kappa shape index (κ1) is 28.4. The molecule has 4 heterocycles. The van der Waals surface area contributed by atoms with Gasteiger partial charge < -0.3 is 18.4 Å². The molecule has 0 spiro atoms. The number of hydrogen-bond donors (Lipinski definition) is 0. The van der Waals surface area contributed by atoms with E-state index in [0.29, 0.717) is 12.0 Å². The van der Waals surface area contributed by atoms with E-state index in [4.69, 9.17) is 4.74 Å². The molecule has 4 heteroatoms. The third-order valence-electron chi connectivity index (χ3n) is 12.2. The predicted molar refractivity (Wildman–Crippen MR) is 215 cm³/mol. The Morgan fingerprint density at radius 3 is 1.94 bits per heavy atom. The van der Waals surface area contributed by atoms with E-state index < -0.39 is 0 Å². The molecular weight excluding hydrogens is 635 g/mol. The Morgan fingerprint density at radius 2 is 1.10 bits per heavy atom. The average Bonchev–Trinajstić information content (AvgIpc) is 3.94. The fourth-order valence-corrected chi connectivity index (χ4v) is 10.0. The van der Waals surface area contributed by atoms with Crippen LogP contribution in [-0.2, 0) is 0 Å². The summed E-state index contributed by atoms with van der Waals surface area (Å²) in [5.74, 6) is 1.56. The van der Waals surface area contributed by atoms with E-state index >= 15 is 0 Å². The standard InChI is InChI=1S/C48H35N3O/c1-2-12-30(13-3-1)49-40-18-8-5-15-34(40)39-28-31(23-26-43(39)49)50-42-20-10-6-17-38(42)47-44(50)27-25-37-33-14-4-9-19-41(33)51(48(37)47)32-22-24-36-35-16-7-11-21-45(35)52-46(36)29-32/h1-21,23,25-28,32,36,46H,22,24,29H2. The molecule has 3 unspecified atom stereocenters. The number of fused-ring (bicyclic) bond motifs is 13. The monoisotopic (exact) mass is 669 g/mol. The van der Waals surface area contributed by atoms with Crippen molar-refractivity contribution < 1.29 is 4.74 Å². The van der Waals surface area contributed by atoms with E-state index in [2.05, 4.69) is 171 Å². The molecule has 3 aromatic heterocycles. The quantitative estimate of drug-likeness (QED) is 0.184. The van der Waals surface area contributed by atoms with E-state index in [0.717, 1.165) is 25.0 Å². The van der Waals surface area contributed by atoms with Gasteiger partial charge >= 0.3 is 0 Å². The van der Waals surface area contributed by atoms with Gasteiger partial charge in [0.05, 0.1) is 27.6 Å². The van der Waals surface area contributed by atoms with Crippen molar-refractivity contribution in [3.05, 3.63) is 163 Å². The van der Waals surface area contributed by atoms with E-state index in [1.165, 1.54) is 82.4 Å². The number of nitrogens with zero attached hydrogens (tertiary/aromatic N) is 3. The molecule has 0 N–H and O–H groups in total. The molecule has 52 heavy (non-hydrogen) atoms. The molecular formula is C48H35N3O. The molecule has 1 saturated carbocycles. The zero-order valence-electron chi connectivity index (χ0n) is 28.6. The summed E-state index contributed by atoms with van der Waals surface area (Å²) in [5.41, 5.74) is 11.3. The van der Waals surface area contributed by atoms with E-state index in [1.54, 1.807) is 0 Å². The minimum absolute atomic E-state index is 0.206. The maximum atomic E-state index is 6.66. The summed E-state index contributed by atoms with van der Waals surface area (Å²) in [6.45, 7) is 0. The minimum atomic E-state index is 0.206. The largest absolute Gasteiger partial charge is 0.489 e. The first-order valence-corrected chi connectivity index (χ1v) is 18.6. The summed E-state index contributed by atoms with van der Waals surface area (Å²) < 4.78 is 14.2. The maximum Gasteiger partial charge on any atom is 0.123 e. The van der Waals surface area contributed by atoms with Crippen LogP contribution < -0.4 is 4.74 Å². The number of benzene rings is 7. The molecule has 0 bridgehead atoms. The number of para-hydroxylation sites is 5. The molecule has 0 amide bonds. The summed E-state index contributed by atoms with van der Waals surface area (Å²) in [5, 5.41) is 7.78. The van der Waals surface area contributed by atoms with Gasteiger partial charge in [0.1, 0.15) is 11.9 Å². The molecule has 0 radical (unpaired) electrons. The van der Waals surface area contributed by atoms with Crippen LogP contribution in [0.3, 0.4) is 0 Å². The van der Waals surface area contributed by atoms with Crippen LogP contribution in [0.2, 0.25) is 0 Å². The van der Waals surface area contributed by atoms with Crippen molar-refractivity contribution in [1.29, 1.82) is 0 Å². The fourth-order valence-electron chi connectivity index (χ4n) is 10.0. The van der Waals surface area contributed by atoms with Crippen LogP contribution in [0.4, 0.5) is 0 Å². The Labute approximate surface area is 300 Å². The Balaban J connectivity index is 1.11.